The second kappa shape index (κ2) is 3.35. The van der Waals surface area contributed by atoms with Crippen LogP contribution in [-0.4, -0.2) is 19.0 Å². The Morgan fingerprint density at radius 1 is 1.60 bits per heavy atom. The summed E-state index contributed by atoms with van der Waals surface area (Å²) in [7, 11) is 0. The van der Waals surface area contributed by atoms with Gasteiger partial charge in [-0.05, 0) is 24.2 Å². The number of rotatable bonds is 3. The zero-order valence-electron chi connectivity index (χ0n) is 9.51. The Bertz CT molecular complexity index is 324. The van der Waals surface area contributed by atoms with Crippen LogP contribution in [0.1, 0.15) is 33.1 Å². The largest absolute Gasteiger partial charge is 0.368 e. The molecule has 2 saturated carbocycles. The van der Waals surface area contributed by atoms with E-state index in [0.29, 0.717) is 24.9 Å². The van der Waals surface area contributed by atoms with Crippen LogP contribution in [0, 0.1) is 29.1 Å². The van der Waals surface area contributed by atoms with E-state index >= 15 is 0 Å². The van der Waals surface area contributed by atoms with E-state index in [1.54, 1.807) is 0 Å². The summed E-state index contributed by atoms with van der Waals surface area (Å²) in [6, 6.07) is 0. The fourth-order valence-electron chi connectivity index (χ4n) is 3.39. The Balaban J connectivity index is 2.17. The summed E-state index contributed by atoms with van der Waals surface area (Å²) >= 11 is 0. The lowest BCUT2D eigenvalue weighted by atomic mass is 9.69. The van der Waals surface area contributed by atoms with Crippen molar-refractivity contribution in [1.82, 2.24) is 0 Å². The summed E-state index contributed by atoms with van der Waals surface area (Å²) in [5, 5.41) is 0. The summed E-state index contributed by atoms with van der Waals surface area (Å²) < 4.78 is 5.44. The van der Waals surface area contributed by atoms with Crippen molar-refractivity contribution in [2.75, 3.05) is 13.2 Å². The van der Waals surface area contributed by atoms with Crippen molar-refractivity contribution >= 4 is 5.78 Å². The lowest BCUT2D eigenvalue weighted by molar-refractivity contribution is -0.133. The molecule has 0 aromatic rings. The zero-order chi connectivity index (χ0) is 11.1. The van der Waals surface area contributed by atoms with Gasteiger partial charge in [-0.3, -0.25) is 4.79 Å². The predicted octanol–water partition coefficient (Wildman–Crippen LogP) is 2.03. The fourth-order valence-corrected chi connectivity index (χ4v) is 3.39. The van der Waals surface area contributed by atoms with E-state index in [1.807, 2.05) is 0 Å². The minimum atomic E-state index is -0.242. The Kier molecular flexibility index (Phi) is 2.39. The number of carbonyl (C=O) groups is 1. The highest BCUT2D eigenvalue weighted by molar-refractivity contribution is 5.89. The number of fused-ring (bicyclic) bond motifs is 2. The van der Waals surface area contributed by atoms with Crippen molar-refractivity contribution in [1.29, 1.82) is 0 Å². The second-order valence-corrected chi connectivity index (χ2v) is 5.36. The minimum Gasteiger partial charge on any atom is -0.368 e. The molecule has 2 rings (SSSR count). The highest BCUT2D eigenvalue weighted by Gasteiger charge is 2.64. The molecule has 0 amide bonds. The SMILES string of the molecule is C#CCOCC12CCC(CC1=O)C2(C)C. The van der Waals surface area contributed by atoms with Gasteiger partial charge in [0.2, 0.25) is 0 Å². The molecule has 2 heteroatoms. The number of terminal acetylenes is 1. The fraction of sp³-hybridized carbons (Fsp3) is 0.769. The first-order valence-corrected chi connectivity index (χ1v) is 5.59. The molecular formula is C13H18O2. The zero-order valence-corrected chi connectivity index (χ0v) is 9.51. The van der Waals surface area contributed by atoms with Gasteiger partial charge in [0.1, 0.15) is 12.4 Å². The topological polar surface area (TPSA) is 26.3 Å². The Hall–Kier alpha value is -0.810. The summed E-state index contributed by atoms with van der Waals surface area (Å²) in [6.07, 6.45) is 8.04. The summed E-state index contributed by atoms with van der Waals surface area (Å²) in [4.78, 5) is 12.0. The van der Waals surface area contributed by atoms with Gasteiger partial charge in [-0.1, -0.05) is 19.8 Å². The van der Waals surface area contributed by atoms with Gasteiger partial charge in [-0.15, -0.1) is 6.42 Å². The molecule has 2 atom stereocenters. The maximum atomic E-state index is 12.0. The van der Waals surface area contributed by atoms with E-state index in [0.717, 1.165) is 19.3 Å². The van der Waals surface area contributed by atoms with Crippen molar-refractivity contribution < 1.29 is 9.53 Å². The number of hydrogen-bond acceptors (Lipinski definition) is 2. The van der Waals surface area contributed by atoms with Crippen molar-refractivity contribution in [2.45, 2.75) is 33.1 Å². The van der Waals surface area contributed by atoms with Gasteiger partial charge in [0.05, 0.1) is 12.0 Å². The van der Waals surface area contributed by atoms with Gasteiger partial charge < -0.3 is 4.74 Å². The van der Waals surface area contributed by atoms with Crippen LogP contribution in [0.3, 0.4) is 0 Å². The molecule has 0 aliphatic heterocycles. The van der Waals surface area contributed by atoms with Crippen LogP contribution in [-0.2, 0) is 9.53 Å². The molecule has 0 saturated heterocycles. The van der Waals surface area contributed by atoms with E-state index < -0.39 is 0 Å². The molecule has 2 aliphatic rings. The summed E-state index contributed by atoms with van der Waals surface area (Å²) in [5.41, 5.74) is -0.146. The highest BCUT2D eigenvalue weighted by atomic mass is 16.5. The minimum absolute atomic E-state index is 0.0959. The van der Waals surface area contributed by atoms with Gasteiger partial charge in [-0.2, -0.15) is 0 Å². The first-order chi connectivity index (χ1) is 7.04. The van der Waals surface area contributed by atoms with Gasteiger partial charge in [-0.25, -0.2) is 0 Å². The average molecular weight is 206 g/mol. The second-order valence-electron chi connectivity index (χ2n) is 5.36. The lowest BCUT2D eigenvalue weighted by Gasteiger charge is -2.35. The van der Waals surface area contributed by atoms with Crippen LogP contribution in [0.2, 0.25) is 0 Å². The van der Waals surface area contributed by atoms with Gasteiger partial charge in [0, 0.05) is 6.42 Å². The quantitative estimate of drug-likeness (QED) is 0.521. The van der Waals surface area contributed by atoms with Crippen LogP contribution in [0.4, 0.5) is 0 Å². The van der Waals surface area contributed by atoms with E-state index in [9.17, 15) is 4.79 Å². The molecule has 0 N–H and O–H groups in total. The molecule has 0 radical (unpaired) electrons. The molecule has 2 nitrogen and oxygen atoms in total. The molecule has 2 fully saturated rings. The van der Waals surface area contributed by atoms with Gasteiger partial charge in [0.25, 0.3) is 0 Å². The number of hydrogen-bond donors (Lipinski definition) is 0. The molecule has 0 spiro atoms. The van der Waals surface area contributed by atoms with Crippen LogP contribution in [0.25, 0.3) is 0 Å². The van der Waals surface area contributed by atoms with Crippen molar-refractivity contribution in [3.8, 4) is 12.3 Å². The van der Waals surface area contributed by atoms with E-state index in [-0.39, 0.29) is 10.8 Å². The van der Waals surface area contributed by atoms with Crippen LogP contribution >= 0.6 is 0 Å². The van der Waals surface area contributed by atoms with Crippen molar-refractivity contribution in [3.05, 3.63) is 0 Å². The first kappa shape index (κ1) is 10.7. The Morgan fingerprint density at radius 2 is 2.33 bits per heavy atom. The smallest absolute Gasteiger partial charge is 0.142 e. The predicted molar refractivity (Wildman–Crippen MR) is 58.2 cm³/mol. The number of ether oxygens (including phenoxy) is 1. The van der Waals surface area contributed by atoms with Crippen molar-refractivity contribution in [3.63, 3.8) is 0 Å². The first-order valence-electron chi connectivity index (χ1n) is 5.59. The maximum absolute atomic E-state index is 12.0. The van der Waals surface area contributed by atoms with Crippen LogP contribution < -0.4 is 0 Å². The molecule has 0 heterocycles. The average Bonchev–Trinajstić information content (AvgIpc) is 2.52. The molecule has 82 valence electrons. The molecule has 2 bridgehead atoms. The molecular weight excluding hydrogens is 188 g/mol. The molecule has 2 aliphatic carbocycles. The van der Waals surface area contributed by atoms with Crippen LogP contribution in [0.5, 0.6) is 0 Å². The van der Waals surface area contributed by atoms with E-state index in [2.05, 4.69) is 19.8 Å². The molecule has 0 aromatic heterocycles. The van der Waals surface area contributed by atoms with Crippen LogP contribution in [0.15, 0.2) is 0 Å². The monoisotopic (exact) mass is 206 g/mol. The highest BCUT2D eigenvalue weighted by Crippen LogP contribution is 2.63. The normalized spacial score (nSPS) is 36.9. The third kappa shape index (κ3) is 1.26. The number of ketones is 1. The van der Waals surface area contributed by atoms with Crippen molar-refractivity contribution in [2.24, 2.45) is 16.7 Å². The Labute approximate surface area is 91.4 Å². The molecule has 2 unspecified atom stereocenters. The lowest BCUT2D eigenvalue weighted by Crippen LogP contribution is -2.40. The molecule has 15 heavy (non-hydrogen) atoms. The van der Waals surface area contributed by atoms with E-state index in [4.69, 9.17) is 11.2 Å². The maximum Gasteiger partial charge on any atom is 0.142 e. The molecule has 0 aromatic carbocycles. The summed E-state index contributed by atoms with van der Waals surface area (Å²) in [6.45, 7) is 5.24. The number of carbonyl (C=O) groups excluding carboxylic acids is 1. The van der Waals surface area contributed by atoms with Gasteiger partial charge in [0.15, 0.2) is 0 Å². The van der Waals surface area contributed by atoms with Gasteiger partial charge >= 0.3 is 0 Å². The number of Topliss-reactive ketones (excluding diaryl/α,β-unsaturated/α-hetero) is 1. The summed E-state index contributed by atoms with van der Waals surface area (Å²) in [5.74, 6) is 3.40. The Morgan fingerprint density at radius 3 is 2.80 bits per heavy atom. The standard InChI is InChI=1S/C13H18O2/c1-4-7-15-9-13-6-5-10(8-11(13)14)12(13,2)3/h1,10H,5-9H2,2-3H3. The third-order valence-electron chi connectivity index (χ3n) is 4.67. The van der Waals surface area contributed by atoms with E-state index in [1.165, 1.54) is 0 Å². The third-order valence-corrected chi connectivity index (χ3v) is 4.67.